The molecule has 4 nitrogen and oxygen atoms in total. The Morgan fingerprint density at radius 2 is 1.89 bits per heavy atom. The van der Waals surface area contributed by atoms with Crippen LogP contribution >= 0.6 is 0 Å². The van der Waals surface area contributed by atoms with Crippen LogP contribution in [0.4, 0.5) is 13.2 Å². The third kappa shape index (κ3) is 3.09. The first kappa shape index (κ1) is 12.2. The Balaban J connectivity index is 2.13. The number of rotatable bonds is 2. The van der Waals surface area contributed by atoms with Crippen LogP contribution in [0.25, 0.3) is 6.08 Å². The maximum absolute atomic E-state index is 11.9. The number of hydrogen-bond donors (Lipinski definition) is 0. The summed E-state index contributed by atoms with van der Waals surface area (Å²) in [6.07, 6.45) is -2.34. The van der Waals surface area contributed by atoms with Crippen molar-refractivity contribution in [2.75, 3.05) is 0 Å². The molecule has 2 rings (SSSR count). The topological polar surface area (TPSA) is 47.9 Å². The van der Waals surface area contributed by atoms with Crippen LogP contribution in [0, 0.1) is 0 Å². The fourth-order valence-corrected chi connectivity index (χ4v) is 1.26. The summed E-state index contributed by atoms with van der Waals surface area (Å²) in [6, 6.07) is 5.03. The Kier molecular flexibility index (Phi) is 3.05. The molecule has 0 spiro atoms. The number of alkyl halides is 3. The van der Waals surface area contributed by atoms with Crippen molar-refractivity contribution in [1.29, 1.82) is 0 Å². The maximum Gasteiger partial charge on any atom is 0.573 e. The van der Waals surface area contributed by atoms with Crippen molar-refractivity contribution in [1.82, 2.24) is 0 Å². The second-order valence-corrected chi connectivity index (χ2v) is 3.29. The molecule has 0 aromatic heterocycles. The highest BCUT2D eigenvalue weighted by Crippen LogP contribution is 2.23. The predicted molar refractivity (Wildman–Crippen MR) is 55.7 cm³/mol. The van der Waals surface area contributed by atoms with Crippen LogP contribution in [0.5, 0.6) is 5.75 Å². The van der Waals surface area contributed by atoms with Crippen molar-refractivity contribution in [3.8, 4) is 5.75 Å². The molecule has 0 aliphatic carbocycles. The van der Waals surface area contributed by atoms with Crippen LogP contribution in [0.15, 0.2) is 35.0 Å². The molecular weight excluding hydrogens is 251 g/mol. The molecule has 0 N–H and O–H groups in total. The molecule has 94 valence electrons. The van der Waals surface area contributed by atoms with Gasteiger partial charge in [0, 0.05) is 0 Å². The minimum Gasteiger partial charge on any atom is -0.410 e. The van der Waals surface area contributed by atoms with E-state index < -0.39 is 12.3 Å². The second-order valence-electron chi connectivity index (χ2n) is 3.29. The largest absolute Gasteiger partial charge is 0.573 e. The van der Waals surface area contributed by atoms with Crippen molar-refractivity contribution in [3.63, 3.8) is 0 Å². The van der Waals surface area contributed by atoms with E-state index in [2.05, 4.69) is 14.5 Å². The van der Waals surface area contributed by atoms with E-state index in [9.17, 15) is 18.0 Å². The average molecular weight is 257 g/mol. The van der Waals surface area contributed by atoms with Crippen LogP contribution in [0.2, 0.25) is 0 Å². The van der Waals surface area contributed by atoms with Gasteiger partial charge in [-0.15, -0.1) is 13.2 Å². The van der Waals surface area contributed by atoms with Gasteiger partial charge in [-0.05, 0) is 23.8 Å². The van der Waals surface area contributed by atoms with Crippen molar-refractivity contribution < 1.29 is 27.4 Å². The molecule has 0 saturated heterocycles. The molecule has 1 aromatic rings. The number of benzene rings is 1. The first-order valence-electron chi connectivity index (χ1n) is 4.75. The molecule has 0 fully saturated rings. The maximum atomic E-state index is 11.9. The van der Waals surface area contributed by atoms with E-state index in [0.29, 0.717) is 5.56 Å². The van der Waals surface area contributed by atoms with Gasteiger partial charge in [-0.1, -0.05) is 12.1 Å². The third-order valence-electron chi connectivity index (χ3n) is 1.98. The van der Waals surface area contributed by atoms with Gasteiger partial charge in [-0.2, -0.15) is 0 Å². The summed E-state index contributed by atoms with van der Waals surface area (Å²) in [7, 11) is 0. The molecule has 0 unspecified atom stereocenters. The summed E-state index contributed by atoms with van der Waals surface area (Å²) in [6.45, 7) is 0. The van der Waals surface area contributed by atoms with E-state index in [0.717, 1.165) is 18.5 Å². The van der Waals surface area contributed by atoms with Crippen LogP contribution in [-0.4, -0.2) is 18.7 Å². The number of carbonyl (C=O) groups is 1. The summed E-state index contributed by atoms with van der Waals surface area (Å²) >= 11 is 0. The molecule has 0 bridgehead atoms. The Bertz CT molecular complexity index is 517. The lowest BCUT2D eigenvalue weighted by Gasteiger charge is -2.08. The highest BCUT2D eigenvalue weighted by Gasteiger charge is 2.30. The van der Waals surface area contributed by atoms with Crippen LogP contribution in [-0.2, 0) is 9.53 Å². The van der Waals surface area contributed by atoms with E-state index in [4.69, 9.17) is 0 Å². The number of esters is 1. The summed E-state index contributed by atoms with van der Waals surface area (Å²) in [5, 5.41) is 0. The quantitative estimate of drug-likeness (QED) is 0.604. The highest BCUT2D eigenvalue weighted by molar-refractivity contribution is 6.01. The van der Waals surface area contributed by atoms with Gasteiger partial charge in [-0.25, -0.2) is 9.79 Å². The van der Waals surface area contributed by atoms with E-state index in [1.807, 2.05) is 0 Å². The zero-order valence-electron chi connectivity index (χ0n) is 8.77. The zero-order chi connectivity index (χ0) is 13.2. The SMILES string of the molecule is O=C1OC=NC1=Cc1ccc(OC(F)(F)F)cc1. The molecule has 1 heterocycles. The van der Waals surface area contributed by atoms with Gasteiger partial charge in [0.2, 0.25) is 0 Å². The van der Waals surface area contributed by atoms with Crippen molar-refractivity contribution in [2.24, 2.45) is 4.99 Å². The fourth-order valence-electron chi connectivity index (χ4n) is 1.26. The van der Waals surface area contributed by atoms with E-state index in [1.165, 1.54) is 18.2 Å². The lowest BCUT2D eigenvalue weighted by atomic mass is 10.2. The van der Waals surface area contributed by atoms with Gasteiger partial charge in [0.1, 0.15) is 5.75 Å². The zero-order valence-corrected chi connectivity index (χ0v) is 8.77. The van der Waals surface area contributed by atoms with Gasteiger partial charge in [0.05, 0.1) is 0 Å². The molecule has 0 saturated carbocycles. The van der Waals surface area contributed by atoms with Crippen molar-refractivity contribution in [3.05, 3.63) is 35.5 Å². The lowest BCUT2D eigenvalue weighted by Crippen LogP contribution is -2.16. The standard InChI is InChI=1S/C11H6F3NO3/c12-11(13,14)18-8-3-1-7(2-4-8)5-9-10(16)17-6-15-9/h1-6H. The third-order valence-corrected chi connectivity index (χ3v) is 1.98. The van der Waals surface area contributed by atoms with Gasteiger partial charge in [0.25, 0.3) is 0 Å². The van der Waals surface area contributed by atoms with Gasteiger partial charge >= 0.3 is 12.3 Å². The lowest BCUT2D eigenvalue weighted by molar-refractivity contribution is -0.274. The normalized spacial score (nSPS) is 17.1. The minimum atomic E-state index is -4.72. The molecule has 7 heteroatoms. The smallest absolute Gasteiger partial charge is 0.410 e. The van der Waals surface area contributed by atoms with Gasteiger partial charge in [-0.3, -0.25) is 0 Å². The Hall–Kier alpha value is -2.31. The monoisotopic (exact) mass is 257 g/mol. The van der Waals surface area contributed by atoms with Gasteiger partial charge < -0.3 is 9.47 Å². The van der Waals surface area contributed by atoms with E-state index >= 15 is 0 Å². The number of halogens is 3. The number of ether oxygens (including phenoxy) is 2. The minimum absolute atomic E-state index is 0.0829. The van der Waals surface area contributed by atoms with Crippen molar-refractivity contribution in [2.45, 2.75) is 6.36 Å². The van der Waals surface area contributed by atoms with Gasteiger partial charge in [0.15, 0.2) is 12.1 Å². The Morgan fingerprint density at radius 1 is 1.22 bits per heavy atom. The predicted octanol–water partition coefficient (Wildman–Crippen LogP) is 2.51. The van der Waals surface area contributed by atoms with Crippen LogP contribution < -0.4 is 4.74 Å². The van der Waals surface area contributed by atoms with Crippen LogP contribution in [0.1, 0.15) is 5.56 Å². The summed E-state index contributed by atoms with van der Waals surface area (Å²) in [5.41, 5.74) is 0.593. The summed E-state index contributed by atoms with van der Waals surface area (Å²) < 4.78 is 43.9. The number of cyclic esters (lactones) is 1. The first-order chi connectivity index (χ1) is 8.44. The van der Waals surface area contributed by atoms with Crippen molar-refractivity contribution >= 4 is 18.4 Å². The van der Waals surface area contributed by atoms with E-state index in [1.54, 1.807) is 0 Å². The summed E-state index contributed by atoms with van der Waals surface area (Å²) in [4.78, 5) is 14.7. The molecule has 0 amide bonds. The van der Waals surface area contributed by atoms with E-state index in [-0.39, 0.29) is 11.4 Å². The number of aliphatic imine (C=N–C) groups is 1. The first-order valence-corrected chi connectivity index (χ1v) is 4.75. The molecular formula is C11H6F3NO3. The molecule has 0 radical (unpaired) electrons. The number of carbonyl (C=O) groups excluding carboxylic acids is 1. The number of nitrogens with zero attached hydrogens (tertiary/aromatic N) is 1. The summed E-state index contributed by atoms with van der Waals surface area (Å²) in [5.74, 6) is -0.937. The highest BCUT2D eigenvalue weighted by atomic mass is 19.4. The Morgan fingerprint density at radius 3 is 2.39 bits per heavy atom. The fraction of sp³-hybridized carbons (Fsp3) is 0.0909. The second kappa shape index (κ2) is 4.52. The molecule has 1 aliphatic heterocycles. The average Bonchev–Trinajstić information content (AvgIpc) is 2.65. The molecule has 1 aromatic carbocycles. The van der Waals surface area contributed by atoms with Crippen LogP contribution in [0.3, 0.4) is 0 Å². The molecule has 1 aliphatic rings. The molecule has 18 heavy (non-hydrogen) atoms. The Labute approximate surface area is 99.3 Å². The molecule has 0 atom stereocenters. The number of hydrogen-bond acceptors (Lipinski definition) is 4.